The SMILES string of the molecule is COC(=O)c1cnc(NC[C@H]2CCCO2)c([N+](=O)[O-])c1. The standard InChI is InChI=1S/C12H15N3O5/c1-19-12(16)8-5-10(15(17)18)11(13-6-8)14-7-9-3-2-4-20-9/h5-6,9H,2-4,7H2,1H3,(H,13,14)/t9-/m1/s1. The van der Waals surface area contributed by atoms with E-state index < -0.39 is 10.9 Å². The van der Waals surface area contributed by atoms with Crippen molar-refractivity contribution in [1.29, 1.82) is 0 Å². The molecular weight excluding hydrogens is 266 g/mol. The highest BCUT2D eigenvalue weighted by Crippen LogP contribution is 2.24. The normalized spacial score (nSPS) is 17.8. The van der Waals surface area contributed by atoms with Gasteiger partial charge in [-0.05, 0) is 12.8 Å². The molecule has 2 heterocycles. The van der Waals surface area contributed by atoms with Crippen LogP contribution >= 0.6 is 0 Å². The van der Waals surface area contributed by atoms with Gasteiger partial charge in [0.05, 0.1) is 23.7 Å². The van der Waals surface area contributed by atoms with Gasteiger partial charge in [-0.25, -0.2) is 9.78 Å². The lowest BCUT2D eigenvalue weighted by Gasteiger charge is -2.11. The second kappa shape index (κ2) is 6.29. The van der Waals surface area contributed by atoms with Crippen LogP contribution in [0.15, 0.2) is 12.3 Å². The Labute approximate surface area is 115 Å². The third-order valence-corrected chi connectivity index (χ3v) is 3.01. The van der Waals surface area contributed by atoms with Crippen LogP contribution in [0.25, 0.3) is 0 Å². The molecule has 8 heteroatoms. The number of nitro groups is 1. The minimum absolute atomic E-state index is 0.0386. The summed E-state index contributed by atoms with van der Waals surface area (Å²) in [6.07, 6.45) is 3.19. The summed E-state index contributed by atoms with van der Waals surface area (Å²) >= 11 is 0. The minimum atomic E-state index is -0.661. The van der Waals surface area contributed by atoms with E-state index in [1.165, 1.54) is 13.3 Å². The molecule has 1 aromatic rings. The van der Waals surface area contributed by atoms with Crippen molar-refractivity contribution in [1.82, 2.24) is 4.98 Å². The van der Waals surface area contributed by atoms with Crippen molar-refractivity contribution in [3.8, 4) is 0 Å². The molecule has 108 valence electrons. The van der Waals surface area contributed by atoms with E-state index in [4.69, 9.17) is 4.74 Å². The van der Waals surface area contributed by atoms with Crippen molar-refractivity contribution in [2.45, 2.75) is 18.9 Å². The highest BCUT2D eigenvalue weighted by atomic mass is 16.6. The lowest BCUT2D eigenvalue weighted by Crippen LogP contribution is -2.19. The number of nitrogens with zero attached hydrogens (tertiary/aromatic N) is 2. The highest BCUT2D eigenvalue weighted by Gasteiger charge is 2.21. The van der Waals surface area contributed by atoms with Gasteiger partial charge in [-0.1, -0.05) is 0 Å². The van der Waals surface area contributed by atoms with E-state index in [2.05, 4.69) is 15.0 Å². The summed E-state index contributed by atoms with van der Waals surface area (Å²) in [5.41, 5.74) is -0.215. The summed E-state index contributed by atoms with van der Waals surface area (Å²) in [5, 5.41) is 13.9. The van der Waals surface area contributed by atoms with Crippen LogP contribution in [0.5, 0.6) is 0 Å². The van der Waals surface area contributed by atoms with Crippen molar-refractivity contribution < 1.29 is 19.2 Å². The summed E-state index contributed by atoms with van der Waals surface area (Å²) in [6.45, 7) is 1.16. The Kier molecular flexibility index (Phi) is 4.46. The topological polar surface area (TPSA) is 104 Å². The first-order valence-electron chi connectivity index (χ1n) is 6.20. The first-order valence-corrected chi connectivity index (χ1v) is 6.20. The zero-order chi connectivity index (χ0) is 14.5. The average Bonchev–Trinajstić information content (AvgIpc) is 2.97. The van der Waals surface area contributed by atoms with Crippen LogP contribution in [-0.4, -0.2) is 42.2 Å². The monoisotopic (exact) mass is 281 g/mol. The molecule has 1 aromatic heterocycles. The van der Waals surface area contributed by atoms with Crippen molar-refractivity contribution in [3.05, 3.63) is 27.9 Å². The molecule has 1 saturated heterocycles. The van der Waals surface area contributed by atoms with Gasteiger partial charge in [-0.3, -0.25) is 10.1 Å². The minimum Gasteiger partial charge on any atom is -0.465 e. The number of hydrogen-bond donors (Lipinski definition) is 1. The molecule has 1 N–H and O–H groups in total. The largest absolute Gasteiger partial charge is 0.465 e. The number of methoxy groups -OCH3 is 1. The first-order chi connectivity index (χ1) is 9.61. The molecule has 0 bridgehead atoms. The third-order valence-electron chi connectivity index (χ3n) is 3.01. The Morgan fingerprint density at radius 2 is 2.50 bits per heavy atom. The molecule has 1 aliphatic rings. The van der Waals surface area contributed by atoms with Crippen LogP contribution in [0.1, 0.15) is 23.2 Å². The fourth-order valence-electron chi connectivity index (χ4n) is 1.97. The van der Waals surface area contributed by atoms with Crippen molar-refractivity contribution in [2.24, 2.45) is 0 Å². The van der Waals surface area contributed by atoms with Gasteiger partial charge >= 0.3 is 11.7 Å². The molecule has 0 aliphatic carbocycles. The maximum atomic E-state index is 11.3. The fourth-order valence-corrected chi connectivity index (χ4v) is 1.97. The van der Waals surface area contributed by atoms with Crippen LogP contribution in [0.4, 0.5) is 11.5 Å². The van der Waals surface area contributed by atoms with Crippen LogP contribution in [0.3, 0.4) is 0 Å². The van der Waals surface area contributed by atoms with E-state index in [0.717, 1.165) is 18.9 Å². The molecular formula is C12H15N3O5. The van der Waals surface area contributed by atoms with E-state index in [1.54, 1.807) is 0 Å². The molecule has 1 aliphatic heterocycles. The van der Waals surface area contributed by atoms with Gasteiger partial charge in [-0.15, -0.1) is 0 Å². The van der Waals surface area contributed by atoms with Gasteiger partial charge in [0, 0.05) is 25.4 Å². The smallest absolute Gasteiger partial charge is 0.339 e. The number of aromatic nitrogens is 1. The van der Waals surface area contributed by atoms with E-state index in [9.17, 15) is 14.9 Å². The van der Waals surface area contributed by atoms with Crippen molar-refractivity contribution >= 4 is 17.5 Å². The van der Waals surface area contributed by atoms with E-state index in [0.29, 0.717) is 13.2 Å². The second-order valence-corrected chi connectivity index (χ2v) is 4.36. The van der Waals surface area contributed by atoms with Crippen LogP contribution in [0, 0.1) is 10.1 Å². The van der Waals surface area contributed by atoms with E-state index >= 15 is 0 Å². The number of esters is 1. The number of pyridine rings is 1. The van der Waals surface area contributed by atoms with E-state index in [-0.39, 0.29) is 23.2 Å². The molecule has 8 nitrogen and oxygen atoms in total. The number of carbonyl (C=O) groups is 1. The fraction of sp³-hybridized carbons (Fsp3) is 0.500. The van der Waals surface area contributed by atoms with Crippen molar-refractivity contribution in [3.63, 3.8) is 0 Å². The quantitative estimate of drug-likeness (QED) is 0.493. The number of hydrogen-bond acceptors (Lipinski definition) is 7. The van der Waals surface area contributed by atoms with Gasteiger partial charge in [0.2, 0.25) is 5.82 Å². The van der Waals surface area contributed by atoms with Gasteiger partial charge in [0.25, 0.3) is 0 Å². The molecule has 1 atom stereocenters. The van der Waals surface area contributed by atoms with Crippen LogP contribution in [0.2, 0.25) is 0 Å². The van der Waals surface area contributed by atoms with E-state index in [1.807, 2.05) is 0 Å². The maximum absolute atomic E-state index is 11.3. The Balaban J connectivity index is 2.14. The summed E-state index contributed by atoms with van der Waals surface area (Å²) in [5.74, 6) is -0.538. The molecule has 0 unspecified atom stereocenters. The summed E-state index contributed by atoms with van der Waals surface area (Å²) in [6, 6.07) is 1.15. The summed E-state index contributed by atoms with van der Waals surface area (Å²) < 4.78 is 9.93. The van der Waals surface area contributed by atoms with Gasteiger partial charge in [0.15, 0.2) is 0 Å². The van der Waals surface area contributed by atoms with Gasteiger partial charge in [-0.2, -0.15) is 0 Å². The predicted molar refractivity (Wildman–Crippen MR) is 69.7 cm³/mol. The lowest BCUT2D eigenvalue weighted by molar-refractivity contribution is -0.384. The molecule has 1 fully saturated rings. The number of nitrogens with one attached hydrogen (secondary N) is 1. The molecule has 0 radical (unpaired) electrons. The first kappa shape index (κ1) is 14.2. The number of anilines is 1. The van der Waals surface area contributed by atoms with Crippen molar-refractivity contribution in [2.75, 3.05) is 25.6 Å². The molecule has 0 amide bonds. The Bertz CT molecular complexity index is 514. The van der Waals surface area contributed by atoms with Gasteiger partial charge in [0.1, 0.15) is 0 Å². The maximum Gasteiger partial charge on any atom is 0.339 e. The Hall–Kier alpha value is -2.22. The predicted octanol–water partition coefficient (Wildman–Crippen LogP) is 1.37. The second-order valence-electron chi connectivity index (χ2n) is 4.36. The number of carbonyl (C=O) groups excluding carboxylic acids is 1. The Morgan fingerprint density at radius 1 is 1.70 bits per heavy atom. The van der Waals surface area contributed by atoms with Crippen LogP contribution < -0.4 is 5.32 Å². The Morgan fingerprint density at radius 3 is 3.10 bits per heavy atom. The molecule has 20 heavy (non-hydrogen) atoms. The van der Waals surface area contributed by atoms with Gasteiger partial charge < -0.3 is 14.8 Å². The third kappa shape index (κ3) is 3.21. The molecule has 0 aromatic carbocycles. The highest BCUT2D eigenvalue weighted by molar-refractivity contribution is 5.90. The van der Waals surface area contributed by atoms with Crippen LogP contribution in [-0.2, 0) is 9.47 Å². The molecule has 0 saturated carbocycles. The number of ether oxygens (including phenoxy) is 2. The average molecular weight is 281 g/mol. The lowest BCUT2D eigenvalue weighted by atomic mass is 10.2. The zero-order valence-corrected chi connectivity index (χ0v) is 11.0. The molecule has 2 rings (SSSR count). The summed E-state index contributed by atoms with van der Waals surface area (Å²) in [7, 11) is 1.21. The number of rotatable bonds is 5. The zero-order valence-electron chi connectivity index (χ0n) is 11.0. The summed E-state index contributed by atoms with van der Waals surface area (Å²) in [4.78, 5) is 25.7. The molecule has 0 spiro atoms.